The van der Waals surface area contributed by atoms with Gasteiger partial charge in [0, 0.05) is 13.1 Å². The van der Waals surface area contributed by atoms with Gasteiger partial charge >= 0.3 is 7.75 Å². The van der Waals surface area contributed by atoms with Crippen LogP contribution in [0.5, 0.6) is 0 Å². The number of alkyl halides is 1. The van der Waals surface area contributed by atoms with Gasteiger partial charge in [-0.2, -0.15) is 0 Å². The molecule has 2 saturated heterocycles. The van der Waals surface area contributed by atoms with E-state index in [1.807, 2.05) is 0 Å². The van der Waals surface area contributed by atoms with Gasteiger partial charge in [0.15, 0.2) is 23.9 Å². The number of hydrogen-bond donors (Lipinski definition) is 3. The maximum Gasteiger partial charge on any atom is 0.405 e. The molecule has 28 heavy (non-hydrogen) atoms. The van der Waals surface area contributed by atoms with Crippen molar-refractivity contribution in [3.8, 4) is 0 Å². The molecule has 0 saturated carbocycles. The van der Waals surface area contributed by atoms with Crippen LogP contribution in [0.3, 0.4) is 0 Å². The van der Waals surface area contributed by atoms with Crippen molar-refractivity contribution >= 4 is 24.7 Å². The topological polar surface area (TPSA) is 158 Å². The van der Waals surface area contributed by atoms with E-state index in [1.165, 1.54) is 21.9 Å². The molecule has 0 aromatic carbocycles. The number of aliphatic hydroxyl groups excluding tert-OH is 1. The van der Waals surface area contributed by atoms with Gasteiger partial charge < -0.3 is 25.2 Å². The van der Waals surface area contributed by atoms with Crippen molar-refractivity contribution in [2.45, 2.75) is 24.6 Å². The van der Waals surface area contributed by atoms with E-state index in [9.17, 15) is 19.0 Å². The maximum absolute atomic E-state index is 14.6. The van der Waals surface area contributed by atoms with Crippen LogP contribution >= 0.6 is 7.75 Å². The SMILES string of the molecule is Nc1ncnc2c1ncn2[C@@H]1O[C@H](COP(=O)(O)N2CCOCC2)C(F)[C@@H]1O. The predicted molar refractivity (Wildman–Crippen MR) is 92.7 cm³/mol. The molecule has 4 rings (SSSR count). The van der Waals surface area contributed by atoms with E-state index >= 15 is 0 Å². The van der Waals surface area contributed by atoms with Crippen LogP contribution in [0.4, 0.5) is 10.2 Å². The third-order valence-electron chi connectivity index (χ3n) is 4.70. The molecule has 154 valence electrons. The molecule has 2 aromatic rings. The molecule has 2 aliphatic rings. The second kappa shape index (κ2) is 7.59. The lowest BCUT2D eigenvalue weighted by Crippen LogP contribution is -2.35. The number of hydrogen-bond acceptors (Lipinski definition) is 9. The molecule has 0 amide bonds. The van der Waals surface area contributed by atoms with E-state index in [1.54, 1.807) is 0 Å². The predicted octanol–water partition coefficient (Wildman–Crippen LogP) is -0.546. The van der Waals surface area contributed by atoms with Gasteiger partial charge in [-0.05, 0) is 0 Å². The molecule has 5 atom stereocenters. The quantitative estimate of drug-likeness (QED) is 0.535. The summed E-state index contributed by atoms with van der Waals surface area (Å²) in [6.07, 6.45) is -3.27. The van der Waals surface area contributed by atoms with E-state index in [-0.39, 0.29) is 24.6 Å². The second-order valence-electron chi connectivity index (χ2n) is 6.44. The fourth-order valence-electron chi connectivity index (χ4n) is 3.19. The fourth-order valence-corrected chi connectivity index (χ4v) is 4.36. The average Bonchev–Trinajstić information content (AvgIpc) is 3.24. The molecule has 4 heterocycles. The molecule has 12 nitrogen and oxygen atoms in total. The zero-order valence-corrected chi connectivity index (χ0v) is 15.6. The highest BCUT2D eigenvalue weighted by atomic mass is 31.2. The summed E-state index contributed by atoms with van der Waals surface area (Å²) in [5.41, 5.74) is 6.29. The summed E-state index contributed by atoms with van der Waals surface area (Å²) in [5, 5.41) is 10.3. The number of nitrogens with zero attached hydrogens (tertiary/aromatic N) is 5. The molecular weight excluding hydrogens is 398 g/mol. The van der Waals surface area contributed by atoms with Crippen LogP contribution in [0.15, 0.2) is 12.7 Å². The normalized spacial score (nSPS) is 31.2. The Kier molecular flexibility index (Phi) is 5.31. The lowest BCUT2D eigenvalue weighted by Gasteiger charge is -2.30. The van der Waals surface area contributed by atoms with Gasteiger partial charge in [-0.3, -0.25) is 9.09 Å². The zero-order valence-electron chi connectivity index (χ0n) is 14.7. The highest BCUT2D eigenvalue weighted by molar-refractivity contribution is 7.50. The third kappa shape index (κ3) is 3.50. The first-order chi connectivity index (χ1) is 13.4. The molecule has 4 N–H and O–H groups in total. The summed E-state index contributed by atoms with van der Waals surface area (Å²) in [7, 11) is -4.12. The minimum absolute atomic E-state index is 0.139. The minimum atomic E-state index is -4.12. The number of ether oxygens (including phenoxy) is 2. The number of aliphatic hydroxyl groups is 1. The lowest BCUT2D eigenvalue weighted by atomic mass is 10.1. The summed E-state index contributed by atoms with van der Waals surface area (Å²) >= 11 is 0. The van der Waals surface area contributed by atoms with Gasteiger partial charge in [0.1, 0.15) is 24.1 Å². The van der Waals surface area contributed by atoms with Crippen LogP contribution in [0.25, 0.3) is 11.2 Å². The Labute approximate surface area is 158 Å². The number of morpholine rings is 1. The summed E-state index contributed by atoms with van der Waals surface area (Å²) in [6, 6.07) is 0. The van der Waals surface area contributed by atoms with Gasteiger partial charge in [0.2, 0.25) is 0 Å². The first-order valence-corrected chi connectivity index (χ1v) is 10.1. The molecular formula is C14H20FN6O6P. The first kappa shape index (κ1) is 19.6. The molecule has 0 spiro atoms. The monoisotopic (exact) mass is 418 g/mol. The van der Waals surface area contributed by atoms with Crippen molar-refractivity contribution in [1.82, 2.24) is 24.2 Å². The number of anilines is 1. The Morgan fingerprint density at radius 3 is 2.86 bits per heavy atom. The third-order valence-corrected chi connectivity index (χ3v) is 6.30. The molecule has 2 aliphatic heterocycles. The van der Waals surface area contributed by atoms with Gasteiger partial charge in [-0.1, -0.05) is 0 Å². The van der Waals surface area contributed by atoms with E-state index < -0.39 is 39.0 Å². The fraction of sp³-hybridized carbons (Fsp3) is 0.643. The Bertz CT molecular complexity index is 894. The summed E-state index contributed by atoms with van der Waals surface area (Å²) in [5.74, 6) is 0.139. The highest BCUT2D eigenvalue weighted by Gasteiger charge is 2.47. The number of nitrogen functional groups attached to an aromatic ring is 1. The van der Waals surface area contributed by atoms with Crippen molar-refractivity contribution in [3.05, 3.63) is 12.7 Å². The zero-order chi connectivity index (χ0) is 19.9. The van der Waals surface area contributed by atoms with Gasteiger partial charge in [0.05, 0.1) is 26.1 Å². The summed E-state index contributed by atoms with van der Waals surface area (Å²) in [4.78, 5) is 22.0. The molecule has 0 aliphatic carbocycles. The Morgan fingerprint density at radius 2 is 2.11 bits per heavy atom. The van der Waals surface area contributed by atoms with Crippen molar-refractivity contribution in [2.24, 2.45) is 0 Å². The van der Waals surface area contributed by atoms with E-state index in [2.05, 4.69) is 15.0 Å². The lowest BCUT2D eigenvalue weighted by molar-refractivity contribution is -0.0492. The van der Waals surface area contributed by atoms with Gasteiger partial charge in [0.25, 0.3) is 0 Å². The number of nitrogens with two attached hydrogens (primary N) is 1. The molecule has 0 bridgehead atoms. The summed E-state index contributed by atoms with van der Waals surface area (Å²) in [6.45, 7) is 0.555. The van der Waals surface area contributed by atoms with E-state index in [4.69, 9.17) is 19.7 Å². The number of halogens is 1. The van der Waals surface area contributed by atoms with Crippen LogP contribution in [-0.4, -0.2) is 85.5 Å². The van der Waals surface area contributed by atoms with Crippen LogP contribution < -0.4 is 5.73 Å². The summed E-state index contributed by atoms with van der Waals surface area (Å²) < 4.78 is 45.3. The van der Waals surface area contributed by atoms with Gasteiger partial charge in [-0.25, -0.2) is 28.6 Å². The second-order valence-corrected chi connectivity index (χ2v) is 8.24. The first-order valence-electron chi connectivity index (χ1n) is 8.59. The number of aromatic nitrogens is 4. The van der Waals surface area contributed by atoms with Crippen molar-refractivity contribution < 1.29 is 33.0 Å². The minimum Gasteiger partial charge on any atom is -0.385 e. The smallest absolute Gasteiger partial charge is 0.385 e. The van der Waals surface area contributed by atoms with Crippen molar-refractivity contribution in [3.63, 3.8) is 0 Å². The number of fused-ring (bicyclic) bond motifs is 1. The molecule has 0 radical (unpaired) electrons. The van der Waals surface area contributed by atoms with Crippen molar-refractivity contribution in [2.75, 3.05) is 38.6 Å². The Morgan fingerprint density at radius 1 is 1.36 bits per heavy atom. The van der Waals surface area contributed by atoms with E-state index in [0.29, 0.717) is 18.7 Å². The highest BCUT2D eigenvalue weighted by Crippen LogP contribution is 2.47. The maximum atomic E-state index is 14.6. The largest absolute Gasteiger partial charge is 0.405 e. The average molecular weight is 418 g/mol. The molecule has 14 heteroatoms. The molecule has 2 fully saturated rings. The number of rotatable bonds is 5. The standard InChI is InChI=1S/C14H20FN6O6P/c15-9-8(5-26-28(23,24)20-1-3-25-4-2-20)27-14(11(9)22)21-7-19-10-12(16)17-6-18-13(10)21/h6-9,11,14,22H,1-5H2,(H,23,24)(H2,16,17,18)/t8-,9?,11+,14-/m1/s1. The van der Waals surface area contributed by atoms with E-state index in [0.717, 1.165) is 0 Å². The number of imidazole rings is 1. The Balaban J connectivity index is 1.47. The van der Waals surface area contributed by atoms with Crippen LogP contribution in [0, 0.1) is 0 Å². The van der Waals surface area contributed by atoms with Gasteiger partial charge in [-0.15, -0.1) is 0 Å². The van der Waals surface area contributed by atoms with Crippen LogP contribution in [0.2, 0.25) is 0 Å². The molecule has 2 unspecified atom stereocenters. The van der Waals surface area contributed by atoms with Crippen LogP contribution in [0.1, 0.15) is 6.23 Å². The van der Waals surface area contributed by atoms with Crippen LogP contribution in [-0.2, 0) is 18.6 Å². The Hall–Kier alpha value is -1.73. The van der Waals surface area contributed by atoms with Crippen molar-refractivity contribution in [1.29, 1.82) is 0 Å². The molecule has 2 aromatic heterocycles.